The summed E-state index contributed by atoms with van der Waals surface area (Å²) in [5.74, 6) is -0.523. The molecule has 2 aromatic carbocycles. The van der Waals surface area contributed by atoms with Crippen LogP contribution in [0.2, 0.25) is 0 Å². The molecule has 0 radical (unpaired) electrons. The molecule has 1 aliphatic rings. The molecule has 0 bridgehead atoms. The molecule has 3 aromatic rings. The zero-order valence-electron chi connectivity index (χ0n) is 14.4. The van der Waals surface area contributed by atoms with Crippen LogP contribution in [-0.2, 0) is 16.1 Å². The van der Waals surface area contributed by atoms with Crippen LogP contribution in [0.25, 0.3) is 11.0 Å². The maximum absolute atomic E-state index is 12.7. The predicted octanol–water partition coefficient (Wildman–Crippen LogP) is 2.25. The lowest BCUT2D eigenvalue weighted by atomic mass is 10.1. The summed E-state index contributed by atoms with van der Waals surface area (Å²) in [6, 6.07) is 13.5. The Bertz CT molecular complexity index is 966. The van der Waals surface area contributed by atoms with Crippen LogP contribution in [0, 0.1) is 12.8 Å². The van der Waals surface area contributed by atoms with Crippen molar-refractivity contribution >= 4 is 28.5 Å². The second-order valence-electron chi connectivity index (χ2n) is 6.60. The topological polar surface area (TPSA) is 91.0 Å². The lowest BCUT2D eigenvalue weighted by Gasteiger charge is -2.17. The highest BCUT2D eigenvalue weighted by Crippen LogP contribution is 2.26. The fourth-order valence-corrected chi connectivity index (χ4v) is 3.30. The van der Waals surface area contributed by atoms with E-state index < -0.39 is 0 Å². The molecule has 1 aromatic heterocycles. The number of likely N-dealkylation sites (tertiary alicyclic amines) is 1. The number of carbonyl (C=O) groups is 2. The average molecular weight is 349 g/mol. The average Bonchev–Trinajstić information content (AvgIpc) is 3.25. The smallest absolute Gasteiger partial charge is 0.229 e. The van der Waals surface area contributed by atoms with Gasteiger partial charge in [0.1, 0.15) is 11.0 Å². The van der Waals surface area contributed by atoms with Gasteiger partial charge in [0.2, 0.25) is 11.8 Å². The van der Waals surface area contributed by atoms with Crippen LogP contribution in [0.5, 0.6) is 0 Å². The van der Waals surface area contributed by atoms with Gasteiger partial charge in [-0.2, -0.15) is 15.4 Å². The molecule has 1 fully saturated rings. The summed E-state index contributed by atoms with van der Waals surface area (Å²) in [6.07, 6.45) is 0.229. The molecule has 7 nitrogen and oxygen atoms in total. The molecule has 0 aliphatic carbocycles. The van der Waals surface area contributed by atoms with E-state index in [0.717, 1.165) is 11.1 Å². The van der Waals surface area contributed by atoms with Crippen molar-refractivity contribution in [2.75, 3.05) is 11.9 Å². The highest BCUT2D eigenvalue weighted by molar-refractivity contribution is 6.03. The van der Waals surface area contributed by atoms with E-state index in [1.807, 2.05) is 49.4 Å². The fraction of sp³-hybridized carbons (Fsp3) is 0.263. The summed E-state index contributed by atoms with van der Waals surface area (Å²) in [4.78, 5) is 26.8. The molecule has 26 heavy (non-hydrogen) atoms. The number of hydrogen-bond acceptors (Lipinski definition) is 4. The number of carbonyl (C=O) groups excluding carboxylic acids is 2. The lowest BCUT2D eigenvalue weighted by molar-refractivity contribution is -0.128. The fourth-order valence-electron chi connectivity index (χ4n) is 3.30. The van der Waals surface area contributed by atoms with Crippen LogP contribution in [-0.4, -0.2) is 38.7 Å². The number of anilines is 1. The Hall–Kier alpha value is -3.22. The maximum atomic E-state index is 12.7. The first kappa shape index (κ1) is 16.3. The summed E-state index contributed by atoms with van der Waals surface area (Å²) in [6.45, 7) is 2.86. The first-order chi connectivity index (χ1) is 12.6. The van der Waals surface area contributed by atoms with E-state index in [1.165, 1.54) is 0 Å². The molecule has 2 heterocycles. The number of benzene rings is 2. The van der Waals surface area contributed by atoms with Gasteiger partial charge >= 0.3 is 0 Å². The molecule has 2 N–H and O–H groups in total. The third-order valence-electron chi connectivity index (χ3n) is 4.75. The van der Waals surface area contributed by atoms with Crippen molar-refractivity contribution in [2.45, 2.75) is 19.9 Å². The number of fused-ring (bicyclic) bond motifs is 1. The van der Waals surface area contributed by atoms with Gasteiger partial charge in [0.25, 0.3) is 0 Å². The van der Waals surface area contributed by atoms with Crippen LogP contribution >= 0.6 is 0 Å². The van der Waals surface area contributed by atoms with Crippen molar-refractivity contribution in [3.05, 3.63) is 53.6 Å². The Labute approximate surface area is 150 Å². The Morgan fingerprint density at radius 2 is 2.04 bits per heavy atom. The van der Waals surface area contributed by atoms with Gasteiger partial charge in [-0.3, -0.25) is 9.59 Å². The lowest BCUT2D eigenvalue weighted by Crippen LogP contribution is -2.28. The van der Waals surface area contributed by atoms with Crippen LogP contribution in [0.1, 0.15) is 17.5 Å². The van der Waals surface area contributed by atoms with Crippen molar-refractivity contribution in [3.63, 3.8) is 0 Å². The molecule has 1 aliphatic heterocycles. The van der Waals surface area contributed by atoms with E-state index in [9.17, 15) is 9.59 Å². The Kier molecular flexibility index (Phi) is 4.12. The van der Waals surface area contributed by atoms with Gasteiger partial charge in [-0.15, -0.1) is 0 Å². The van der Waals surface area contributed by atoms with Crippen molar-refractivity contribution < 1.29 is 9.59 Å². The standard InChI is InChI=1S/C19H19N5O2/c1-12-7-8-15-18(22-23-21-15)17(12)20-19(26)14-9-16(25)24(11-14)10-13-5-3-2-4-6-13/h2-8,14H,9-11H2,1H3,(H,20,26)(H,21,22,23). The number of nitrogens with one attached hydrogen (secondary N) is 2. The van der Waals surface area contributed by atoms with Crippen LogP contribution in [0.4, 0.5) is 5.69 Å². The van der Waals surface area contributed by atoms with E-state index in [0.29, 0.717) is 29.8 Å². The number of nitrogens with zero attached hydrogens (tertiary/aromatic N) is 3. The van der Waals surface area contributed by atoms with Crippen molar-refractivity contribution in [2.24, 2.45) is 5.92 Å². The highest BCUT2D eigenvalue weighted by atomic mass is 16.2. The summed E-state index contributed by atoms with van der Waals surface area (Å²) in [7, 11) is 0. The molecule has 1 unspecified atom stereocenters. The molecule has 4 rings (SSSR count). The minimum absolute atomic E-state index is 0.00497. The third kappa shape index (κ3) is 3.03. The summed E-state index contributed by atoms with van der Waals surface area (Å²) >= 11 is 0. The maximum Gasteiger partial charge on any atom is 0.229 e. The summed E-state index contributed by atoms with van der Waals surface area (Å²) in [5, 5.41) is 13.7. The number of rotatable bonds is 4. The summed E-state index contributed by atoms with van der Waals surface area (Å²) < 4.78 is 0. The zero-order valence-corrected chi connectivity index (χ0v) is 14.4. The molecular weight excluding hydrogens is 330 g/mol. The van der Waals surface area contributed by atoms with Gasteiger partial charge in [0, 0.05) is 19.5 Å². The van der Waals surface area contributed by atoms with Crippen LogP contribution in [0.15, 0.2) is 42.5 Å². The van der Waals surface area contributed by atoms with Crippen LogP contribution < -0.4 is 5.32 Å². The van der Waals surface area contributed by atoms with Gasteiger partial charge in [0.05, 0.1) is 11.6 Å². The normalized spacial score (nSPS) is 17.0. The quantitative estimate of drug-likeness (QED) is 0.756. The number of hydrogen-bond donors (Lipinski definition) is 2. The minimum Gasteiger partial charge on any atom is -0.338 e. The zero-order chi connectivity index (χ0) is 18.1. The Morgan fingerprint density at radius 1 is 1.23 bits per heavy atom. The molecule has 132 valence electrons. The van der Waals surface area contributed by atoms with Gasteiger partial charge in [-0.05, 0) is 24.1 Å². The largest absolute Gasteiger partial charge is 0.338 e. The number of aryl methyl sites for hydroxylation is 1. The van der Waals surface area contributed by atoms with E-state index in [2.05, 4.69) is 20.7 Å². The SMILES string of the molecule is Cc1ccc2n[nH]nc2c1NC(=O)C1CC(=O)N(Cc2ccccc2)C1. The highest BCUT2D eigenvalue weighted by Gasteiger charge is 2.34. The number of amides is 2. The third-order valence-corrected chi connectivity index (χ3v) is 4.75. The second-order valence-corrected chi connectivity index (χ2v) is 6.60. The Balaban J connectivity index is 1.48. The minimum atomic E-state index is -0.368. The monoisotopic (exact) mass is 349 g/mol. The molecule has 1 saturated heterocycles. The van der Waals surface area contributed by atoms with Gasteiger partial charge in [0.15, 0.2) is 0 Å². The second kappa shape index (κ2) is 6.59. The summed E-state index contributed by atoms with van der Waals surface area (Å²) in [5.41, 5.74) is 3.94. The van der Waals surface area contributed by atoms with Crippen molar-refractivity contribution in [1.82, 2.24) is 20.3 Å². The molecular formula is C19H19N5O2. The molecule has 0 spiro atoms. The number of aromatic nitrogens is 3. The van der Waals surface area contributed by atoms with Crippen LogP contribution in [0.3, 0.4) is 0 Å². The van der Waals surface area contributed by atoms with Gasteiger partial charge < -0.3 is 10.2 Å². The number of H-pyrrole nitrogens is 1. The first-order valence-corrected chi connectivity index (χ1v) is 8.54. The molecule has 7 heteroatoms. The van der Waals surface area contributed by atoms with E-state index >= 15 is 0 Å². The number of aromatic amines is 1. The van der Waals surface area contributed by atoms with E-state index in [1.54, 1.807) is 4.90 Å². The molecule has 0 saturated carbocycles. The van der Waals surface area contributed by atoms with E-state index in [-0.39, 0.29) is 24.2 Å². The predicted molar refractivity (Wildman–Crippen MR) is 97.2 cm³/mol. The molecule has 2 amide bonds. The van der Waals surface area contributed by atoms with Crippen molar-refractivity contribution in [3.8, 4) is 0 Å². The van der Waals surface area contributed by atoms with Gasteiger partial charge in [-0.25, -0.2) is 0 Å². The molecule has 1 atom stereocenters. The van der Waals surface area contributed by atoms with Crippen molar-refractivity contribution in [1.29, 1.82) is 0 Å². The first-order valence-electron chi connectivity index (χ1n) is 8.54. The van der Waals surface area contributed by atoms with E-state index in [4.69, 9.17) is 0 Å². The van der Waals surface area contributed by atoms with Gasteiger partial charge in [-0.1, -0.05) is 36.4 Å². The Morgan fingerprint density at radius 3 is 2.85 bits per heavy atom.